The predicted octanol–water partition coefficient (Wildman–Crippen LogP) is 5.23. The first-order valence-electron chi connectivity index (χ1n) is 10.2. The van der Waals surface area contributed by atoms with Gasteiger partial charge in [-0.05, 0) is 67.3 Å². The van der Waals surface area contributed by atoms with E-state index in [0.29, 0.717) is 12.1 Å². The number of nitrogens with zero attached hydrogens (tertiary/aromatic N) is 2. The first kappa shape index (κ1) is 20.2. The lowest BCUT2D eigenvalue weighted by Crippen LogP contribution is -2.32. The van der Waals surface area contributed by atoms with E-state index in [1.807, 2.05) is 18.2 Å². The number of piperidine rings is 1. The quantitative estimate of drug-likeness (QED) is 0.550. The van der Waals surface area contributed by atoms with Gasteiger partial charge in [0.25, 0.3) is 5.91 Å². The number of fused-ring (bicyclic) bond motifs is 1. The second kappa shape index (κ2) is 9.18. The zero-order valence-electron chi connectivity index (χ0n) is 17.0. The van der Waals surface area contributed by atoms with E-state index in [9.17, 15) is 4.79 Å². The van der Waals surface area contributed by atoms with Crippen LogP contribution in [0.1, 0.15) is 35.7 Å². The van der Waals surface area contributed by atoms with Gasteiger partial charge in [0.1, 0.15) is 0 Å². The molecule has 6 heteroatoms. The van der Waals surface area contributed by atoms with E-state index in [4.69, 9.17) is 4.98 Å². The third-order valence-electron chi connectivity index (χ3n) is 5.55. The van der Waals surface area contributed by atoms with Gasteiger partial charge in [-0.1, -0.05) is 30.4 Å². The molecule has 0 bridgehead atoms. The molecule has 1 aliphatic heterocycles. The Morgan fingerprint density at radius 1 is 1.21 bits per heavy atom. The number of thioether (sulfide) groups is 1. The van der Waals surface area contributed by atoms with Crippen molar-refractivity contribution in [1.82, 2.24) is 10.3 Å². The summed E-state index contributed by atoms with van der Waals surface area (Å²) in [7, 11) is 0. The van der Waals surface area contributed by atoms with Crippen LogP contribution in [-0.4, -0.2) is 36.8 Å². The minimum absolute atomic E-state index is 0.0191. The van der Waals surface area contributed by atoms with E-state index in [1.54, 1.807) is 23.1 Å². The molecule has 1 saturated heterocycles. The molecule has 0 radical (unpaired) electrons. The lowest BCUT2D eigenvalue weighted by molar-refractivity contribution is 0.0954. The van der Waals surface area contributed by atoms with Crippen LogP contribution >= 0.6 is 23.1 Å². The summed E-state index contributed by atoms with van der Waals surface area (Å²) in [6.45, 7) is 5.10. The number of carbonyl (C=O) groups excluding carboxylic acids is 1. The molecule has 1 aliphatic rings. The highest BCUT2D eigenvalue weighted by atomic mass is 32.2. The predicted molar refractivity (Wildman–Crippen MR) is 124 cm³/mol. The Bertz CT molecular complexity index is 975. The molecule has 152 valence electrons. The van der Waals surface area contributed by atoms with Crippen LogP contribution in [0.25, 0.3) is 10.2 Å². The summed E-state index contributed by atoms with van der Waals surface area (Å²) in [5.41, 5.74) is 2.92. The van der Waals surface area contributed by atoms with E-state index in [-0.39, 0.29) is 5.91 Å². The van der Waals surface area contributed by atoms with E-state index in [0.717, 1.165) is 40.8 Å². The molecule has 4 rings (SSSR count). The number of amides is 1. The molecular weight excluding hydrogens is 398 g/mol. The van der Waals surface area contributed by atoms with Crippen LogP contribution in [0.3, 0.4) is 0 Å². The molecule has 0 atom stereocenters. The fourth-order valence-electron chi connectivity index (χ4n) is 3.60. The monoisotopic (exact) mass is 425 g/mol. The Labute approximate surface area is 180 Å². The van der Waals surface area contributed by atoms with Crippen molar-refractivity contribution in [2.75, 3.05) is 30.8 Å². The summed E-state index contributed by atoms with van der Waals surface area (Å²) >= 11 is 3.43. The maximum Gasteiger partial charge on any atom is 0.251 e. The number of aromatic nitrogens is 1. The van der Waals surface area contributed by atoms with Crippen LogP contribution in [0.15, 0.2) is 47.4 Å². The number of benzene rings is 2. The SMILES string of the molecule is CSc1ccc(CCNC(=O)c2ccc3nc(N4CCC(C)CC4)sc3c2)cc1. The third-order valence-corrected chi connectivity index (χ3v) is 7.37. The molecule has 1 aromatic heterocycles. The van der Waals surface area contributed by atoms with Crippen molar-refractivity contribution in [2.24, 2.45) is 5.92 Å². The normalized spacial score (nSPS) is 15.0. The molecule has 3 aromatic rings. The average Bonchev–Trinajstić information content (AvgIpc) is 3.18. The van der Waals surface area contributed by atoms with Crippen LogP contribution in [0.5, 0.6) is 0 Å². The highest BCUT2D eigenvalue weighted by molar-refractivity contribution is 7.98. The Balaban J connectivity index is 1.37. The fourth-order valence-corrected chi connectivity index (χ4v) is 5.07. The van der Waals surface area contributed by atoms with Crippen molar-refractivity contribution in [3.8, 4) is 0 Å². The van der Waals surface area contributed by atoms with Crippen LogP contribution in [0.2, 0.25) is 0 Å². The van der Waals surface area contributed by atoms with Crippen molar-refractivity contribution < 1.29 is 4.79 Å². The van der Waals surface area contributed by atoms with E-state index in [2.05, 4.69) is 47.7 Å². The van der Waals surface area contributed by atoms with Gasteiger partial charge in [0.15, 0.2) is 5.13 Å². The van der Waals surface area contributed by atoms with Crippen molar-refractivity contribution >= 4 is 44.4 Å². The largest absolute Gasteiger partial charge is 0.352 e. The Morgan fingerprint density at radius 3 is 2.69 bits per heavy atom. The van der Waals surface area contributed by atoms with E-state index >= 15 is 0 Å². The summed E-state index contributed by atoms with van der Waals surface area (Å²) in [6.07, 6.45) is 5.36. The summed E-state index contributed by atoms with van der Waals surface area (Å²) in [6, 6.07) is 14.3. The molecule has 0 saturated carbocycles. The Hall–Kier alpha value is -2.05. The van der Waals surface area contributed by atoms with Crippen LogP contribution in [0.4, 0.5) is 5.13 Å². The number of thiazole rings is 1. The van der Waals surface area contributed by atoms with Crippen LogP contribution in [-0.2, 0) is 6.42 Å². The lowest BCUT2D eigenvalue weighted by atomic mass is 10.00. The van der Waals surface area contributed by atoms with E-state index in [1.165, 1.54) is 23.3 Å². The Morgan fingerprint density at radius 2 is 1.97 bits per heavy atom. The zero-order chi connectivity index (χ0) is 20.2. The second-order valence-corrected chi connectivity index (χ2v) is 9.59. The van der Waals surface area contributed by atoms with Gasteiger partial charge in [-0.15, -0.1) is 11.8 Å². The molecule has 2 heterocycles. The van der Waals surface area contributed by atoms with Crippen molar-refractivity contribution in [1.29, 1.82) is 0 Å². The number of hydrogen-bond donors (Lipinski definition) is 1. The number of hydrogen-bond acceptors (Lipinski definition) is 5. The summed E-state index contributed by atoms with van der Waals surface area (Å²) in [4.78, 5) is 21.0. The lowest BCUT2D eigenvalue weighted by Gasteiger charge is -2.29. The summed E-state index contributed by atoms with van der Waals surface area (Å²) < 4.78 is 1.08. The molecule has 0 spiro atoms. The summed E-state index contributed by atoms with van der Waals surface area (Å²) in [5, 5.41) is 4.13. The molecule has 0 aliphatic carbocycles. The van der Waals surface area contributed by atoms with Gasteiger partial charge in [-0.25, -0.2) is 4.98 Å². The van der Waals surface area contributed by atoms with Gasteiger partial charge < -0.3 is 10.2 Å². The second-order valence-electron chi connectivity index (χ2n) is 7.70. The molecule has 29 heavy (non-hydrogen) atoms. The first-order valence-corrected chi connectivity index (χ1v) is 12.2. The molecule has 1 amide bonds. The number of nitrogens with one attached hydrogen (secondary N) is 1. The Kier molecular flexibility index (Phi) is 6.40. The molecular formula is C23H27N3OS2. The third kappa shape index (κ3) is 4.93. The highest BCUT2D eigenvalue weighted by Gasteiger charge is 2.19. The molecule has 0 unspecified atom stereocenters. The van der Waals surface area contributed by atoms with Crippen molar-refractivity contribution in [3.05, 3.63) is 53.6 Å². The first-order chi connectivity index (χ1) is 14.1. The van der Waals surface area contributed by atoms with Crippen LogP contribution < -0.4 is 10.2 Å². The van der Waals surface area contributed by atoms with Gasteiger partial charge in [0, 0.05) is 30.1 Å². The standard InChI is InChI=1S/C23H27N3OS2/c1-16-10-13-26(14-11-16)23-25-20-8-5-18(15-21(20)29-23)22(27)24-12-9-17-3-6-19(28-2)7-4-17/h3-8,15-16H,9-14H2,1-2H3,(H,24,27). The smallest absolute Gasteiger partial charge is 0.251 e. The van der Waals surface area contributed by atoms with Gasteiger partial charge in [-0.2, -0.15) is 0 Å². The number of anilines is 1. The van der Waals surface area contributed by atoms with Gasteiger partial charge in [0.05, 0.1) is 10.2 Å². The molecule has 1 fully saturated rings. The zero-order valence-corrected chi connectivity index (χ0v) is 18.6. The molecule has 2 aromatic carbocycles. The minimum Gasteiger partial charge on any atom is -0.352 e. The molecule has 4 nitrogen and oxygen atoms in total. The van der Waals surface area contributed by atoms with Crippen molar-refractivity contribution in [3.63, 3.8) is 0 Å². The van der Waals surface area contributed by atoms with E-state index < -0.39 is 0 Å². The maximum atomic E-state index is 12.6. The molecule has 1 N–H and O–H groups in total. The highest BCUT2D eigenvalue weighted by Crippen LogP contribution is 2.32. The topological polar surface area (TPSA) is 45.2 Å². The maximum absolute atomic E-state index is 12.6. The number of rotatable bonds is 6. The van der Waals surface area contributed by atoms with Crippen molar-refractivity contribution in [2.45, 2.75) is 31.1 Å². The minimum atomic E-state index is -0.0191. The number of carbonyl (C=O) groups is 1. The van der Waals surface area contributed by atoms with Gasteiger partial charge in [-0.3, -0.25) is 4.79 Å². The van der Waals surface area contributed by atoms with Gasteiger partial charge in [0.2, 0.25) is 0 Å². The van der Waals surface area contributed by atoms with Crippen LogP contribution in [0, 0.1) is 5.92 Å². The van der Waals surface area contributed by atoms with Gasteiger partial charge >= 0.3 is 0 Å². The summed E-state index contributed by atoms with van der Waals surface area (Å²) in [5.74, 6) is 0.786. The average molecular weight is 426 g/mol. The fraction of sp³-hybridized carbons (Fsp3) is 0.391.